The first-order valence-corrected chi connectivity index (χ1v) is 10.6. The molecular formula is C24H27N3O4. The molecule has 1 fully saturated rings. The maximum atomic E-state index is 12.5. The molecule has 0 aliphatic carbocycles. The number of pyridine rings is 1. The van der Waals surface area contributed by atoms with E-state index in [1.54, 1.807) is 0 Å². The first-order valence-electron chi connectivity index (χ1n) is 10.6. The predicted molar refractivity (Wildman–Crippen MR) is 122 cm³/mol. The third-order valence-corrected chi connectivity index (χ3v) is 5.61. The molecule has 1 aromatic heterocycles. The maximum absolute atomic E-state index is 12.5. The summed E-state index contributed by atoms with van der Waals surface area (Å²) in [5, 5.41) is 4.26. The van der Waals surface area contributed by atoms with E-state index in [2.05, 4.69) is 15.2 Å². The van der Waals surface area contributed by atoms with Crippen LogP contribution in [0.2, 0.25) is 0 Å². The summed E-state index contributed by atoms with van der Waals surface area (Å²) < 4.78 is 10.4. The van der Waals surface area contributed by atoms with Crippen LogP contribution >= 0.6 is 0 Å². The van der Waals surface area contributed by atoms with Crippen molar-refractivity contribution in [2.24, 2.45) is 0 Å². The lowest BCUT2D eigenvalue weighted by Crippen LogP contribution is -2.36. The molecule has 1 atom stereocenters. The van der Waals surface area contributed by atoms with Crippen LogP contribution in [0.3, 0.4) is 0 Å². The Labute approximate surface area is 181 Å². The number of ether oxygens (including phenoxy) is 2. The molecule has 1 aliphatic heterocycles. The highest BCUT2D eigenvalue weighted by molar-refractivity contribution is 5.81. The van der Waals surface area contributed by atoms with Gasteiger partial charge in [0, 0.05) is 36.1 Å². The lowest BCUT2D eigenvalue weighted by atomic mass is 10.1. The fraction of sp³-hybridized carbons (Fsp3) is 0.333. The number of esters is 1. The van der Waals surface area contributed by atoms with Crippen molar-refractivity contribution >= 4 is 28.2 Å². The first kappa shape index (κ1) is 20.8. The molecule has 7 heteroatoms. The highest BCUT2D eigenvalue weighted by Crippen LogP contribution is 2.27. The third-order valence-electron chi connectivity index (χ3n) is 5.61. The van der Waals surface area contributed by atoms with E-state index in [9.17, 15) is 9.59 Å². The molecule has 2 heterocycles. The number of nitrogens with zero attached hydrogens (tertiary/aromatic N) is 1. The third kappa shape index (κ3) is 4.50. The molecular weight excluding hydrogens is 394 g/mol. The number of anilines is 2. The van der Waals surface area contributed by atoms with Crippen LogP contribution < -0.4 is 20.5 Å². The van der Waals surface area contributed by atoms with Crippen LogP contribution in [0, 0.1) is 0 Å². The molecule has 2 N–H and O–H groups in total. The molecule has 0 spiro atoms. The van der Waals surface area contributed by atoms with Gasteiger partial charge in [-0.15, -0.1) is 0 Å². The van der Waals surface area contributed by atoms with Crippen LogP contribution in [-0.2, 0) is 16.1 Å². The Bertz CT molecular complexity index is 1120. The molecule has 31 heavy (non-hydrogen) atoms. The minimum absolute atomic E-state index is 0.122. The molecule has 7 nitrogen and oxygen atoms in total. The SMILES string of the molecule is CCOc1ccc2cc(CNc3ccc(N4CCC[C@H]4C(=O)OC)cc3)c(=O)[nH]c2c1. The van der Waals surface area contributed by atoms with E-state index in [0.717, 1.165) is 47.4 Å². The average Bonchev–Trinajstić information content (AvgIpc) is 3.28. The second-order valence-corrected chi connectivity index (χ2v) is 7.58. The standard InChI is InChI=1S/C24H27N3O4/c1-3-31-20-11-6-16-13-17(23(28)26-21(16)14-20)15-25-18-7-9-19(10-8-18)27-12-4-5-22(27)24(29)30-2/h6-11,13-14,22,25H,3-5,12,15H2,1-2H3,(H,26,28)/t22-/m0/s1. The fourth-order valence-electron chi connectivity index (χ4n) is 4.04. The number of methoxy groups -OCH3 is 1. The van der Waals surface area contributed by atoms with Crippen LogP contribution in [0.1, 0.15) is 25.3 Å². The zero-order chi connectivity index (χ0) is 21.8. The number of aromatic amines is 1. The number of rotatable bonds is 7. The molecule has 0 bridgehead atoms. The number of benzene rings is 2. The monoisotopic (exact) mass is 421 g/mol. The highest BCUT2D eigenvalue weighted by Gasteiger charge is 2.31. The van der Waals surface area contributed by atoms with Crippen LogP contribution in [0.4, 0.5) is 11.4 Å². The van der Waals surface area contributed by atoms with Gasteiger partial charge in [0.05, 0.1) is 19.2 Å². The van der Waals surface area contributed by atoms with Crippen molar-refractivity contribution in [3.8, 4) is 5.75 Å². The molecule has 3 aromatic rings. The van der Waals surface area contributed by atoms with Crippen LogP contribution in [0.15, 0.2) is 53.3 Å². The van der Waals surface area contributed by atoms with Crippen molar-refractivity contribution in [1.82, 2.24) is 4.98 Å². The van der Waals surface area contributed by atoms with E-state index in [4.69, 9.17) is 9.47 Å². The van der Waals surface area contributed by atoms with Crippen molar-refractivity contribution in [3.05, 3.63) is 64.4 Å². The topological polar surface area (TPSA) is 83.7 Å². The minimum Gasteiger partial charge on any atom is -0.494 e. The van der Waals surface area contributed by atoms with E-state index in [-0.39, 0.29) is 17.6 Å². The maximum Gasteiger partial charge on any atom is 0.328 e. The number of fused-ring (bicyclic) bond motifs is 1. The molecule has 1 aliphatic rings. The zero-order valence-corrected chi connectivity index (χ0v) is 17.8. The molecule has 162 valence electrons. The average molecular weight is 421 g/mol. The van der Waals surface area contributed by atoms with Crippen LogP contribution in [0.5, 0.6) is 5.75 Å². The summed E-state index contributed by atoms with van der Waals surface area (Å²) in [6, 6.07) is 15.3. The summed E-state index contributed by atoms with van der Waals surface area (Å²) in [5.41, 5.74) is 3.19. The molecule has 0 saturated carbocycles. The summed E-state index contributed by atoms with van der Waals surface area (Å²) in [5.74, 6) is 0.549. The van der Waals surface area contributed by atoms with E-state index >= 15 is 0 Å². The van der Waals surface area contributed by atoms with Gasteiger partial charge in [0.2, 0.25) is 0 Å². The van der Waals surface area contributed by atoms with Gasteiger partial charge in [-0.3, -0.25) is 4.79 Å². The Kier molecular flexibility index (Phi) is 6.11. The van der Waals surface area contributed by atoms with Crippen LogP contribution in [-0.4, -0.2) is 37.3 Å². The van der Waals surface area contributed by atoms with Crippen molar-refractivity contribution in [3.63, 3.8) is 0 Å². The number of hydrogen-bond acceptors (Lipinski definition) is 6. The predicted octanol–water partition coefficient (Wildman–Crippen LogP) is 3.68. The van der Waals surface area contributed by atoms with Crippen molar-refractivity contribution in [1.29, 1.82) is 0 Å². The Balaban J connectivity index is 1.45. The van der Waals surface area contributed by atoms with Gasteiger partial charge >= 0.3 is 5.97 Å². The minimum atomic E-state index is -0.219. The largest absolute Gasteiger partial charge is 0.494 e. The van der Waals surface area contributed by atoms with Crippen molar-refractivity contribution in [2.45, 2.75) is 32.4 Å². The quantitative estimate of drug-likeness (QED) is 0.566. The van der Waals surface area contributed by atoms with E-state index in [1.807, 2.05) is 55.5 Å². The number of nitrogens with one attached hydrogen (secondary N) is 2. The number of aromatic nitrogens is 1. The van der Waals surface area contributed by atoms with Gasteiger partial charge in [-0.25, -0.2) is 4.79 Å². The van der Waals surface area contributed by atoms with E-state index in [0.29, 0.717) is 18.7 Å². The number of H-pyrrole nitrogens is 1. The Hall–Kier alpha value is -3.48. The number of carbonyl (C=O) groups excluding carboxylic acids is 1. The van der Waals surface area contributed by atoms with Crippen molar-refractivity contribution in [2.75, 3.05) is 30.5 Å². The second-order valence-electron chi connectivity index (χ2n) is 7.58. The summed E-state index contributed by atoms with van der Waals surface area (Å²) in [6.07, 6.45) is 1.78. The zero-order valence-electron chi connectivity index (χ0n) is 17.8. The fourth-order valence-corrected chi connectivity index (χ4v) is 4.04. The molecule has 4 rings (SSSR count). The normalized spacial score (nSPS) is 15.8. The summed E-state index contributed by atoms with van der Waals surface area (Å²) in [7, 11) is 1.43. The van der Waals surface area contributed by atoms with E-state index < -0.39 is 0 Å². The Morgan fingerprint density at radius 1 is 1.19 bits per heavy atom. The Morgan fingerprint density at radius 3 is 2.74 bits per heavy atom. The lowest BCUT2D eigenvalue weighted by molar-refractivity contribution is -0.141. The molecule has 1 saturated heterocycles. The molecule has 0 amide bonds. The summed E-state index contributed by atoms with van der Waals surface area (Å²) in [4.78, 5) is 29.5. The van der Waals surface area contributed by atoms with Gasteiger partial charge in [0.25, 0.3) is 5.56 Å². The number of hydrogen-bond donors (Lipinski definition) is 2. The van der Waals surface area contributed by atoms with Gasteiger partial charge in [0.15, 0.2) is 0 Å². The van der Waals surface area contributed by atoms with Crippen molar-refractivity contribution < 1.29 is 14.3 Å². The molecule has 0 unspecified atom stereocenters. The summed E-state index contributed by atoms with van der Waals surface area (Å²) >= 11 is 0. The van der Waals surface area contributed by atoms with E-state index in [1.165, 1.54) is 7.11 Å². The molecule has 2 aromatic carbocycles. The van der Waals surface area contributed by atoms with Gasteiger partial charge in [-0.05, 0) is 67.6 Å². The lowest BCUT2D eigenvalue weighted by Gasteiger charge is -2.25. The van der Waals surface area contributed by atoms with Crippen LogP contribution in [0.25, 0.3) is 10.9 Å². The number of carbonyl (C=O) groups is 1. The first-order chi connectivity index (χ1) is 15.1. The molecule has 0 radical (unpaired) electrons. The highest BCUT2D eigenvalue weighted by atomic mass is 16.5. The van der Waals surface area contributed by atoms with Gasteiger partial charge in [-0.1, -0.05) is 0 Å². The summed E-state index contributed by atoms with van der Waals surface area (Å²) in [6.45, 7) is 3.75. The van der Waals surface area contributed by atoms with Gasteiger partial charge < -0.3 is 24.7 Å². The Morgan fingerprint density at radius 2 is 2.00 bits per heavy atom. The van der Waals surface area contributed by atoms with Gasteiger partial charge in [-0.2, -0.15) is 0 Å². The van der Waals surface area contributed by atoms with Gasteiger partial charge in [0.1, 0.15) is 11.8 Å². The smallest absolute Gasteiger partial charge is 0.328 e. The second kappa shape index (κ2) is 9.12.